The smallest absolute Gasteiger partial charge is 0.0617 e. The van der Waals surface area contributed by atoms with Crippen LogP contribution in [0.25, 0.3) is 10.4 Å². The van der Waals surface area contributed by atoms with Crippen molar-refractivity contribution in [1.82, 2.24) is 0 Å². The van der Waals surface area contributed by atoms with E-state index in [1.807, 2.05) is 0 Å². The van der Waals surface area contributed by atoms with Crippen molar-refractivity contribution in [2.45, 2.75) is 6.42 Å². The van der Waals surface area contributed by atoms with Gasteiger partial charge in [0, 0.05) is 17.9 Å². The largest absolute Gasteiger partial charge is 0.0977 e. The Morgan fingerprint density at radius 3 is 2.60 bits per heavy atom. The van der Waals surface area contributed by atoms with Crippen LogP contribution in [0.1, 0.15) is 12.0 Å². The maximum Gasteiger partial charge on any atom is 0.0617 e. The normalized spacial score (nSPS) is 8.67. The van der Waals surface area contributed by atoms with E-state index < -0.39 is 0 Å². The summed E-state index contributed by atoms with van der Waals surface area (Å²) in [7, 11) is 0. The zero-order valence-corrected chi connectivity index (χ0v) is 9.26. The Labute approximate surface area is 97.6 Å². The molecule has 0 saturated carbocycles. The van der Waals surface area contributed by atoms with Gasteiger partial charge in [0.2, 0.25) is 0 Å². The summed E-state index contributed by atoms with van der Waals surface area (Å²) in [5, 5.41) is 4.41. The summed E-state index contributed by atoms with van der Waals surface area (Å²) >= 11 is 11.8. The first-order chi connectivity index (χ1) is 7.25. The summed E-state index contributed by atoms with van der Waals surface area (Å²) in [6, 6.07) is 5.21. The average molecular weight is 240 g/mol. The molecule has 0 bridgehead atoms. The number of azide groups is 1. The molecule has 0 amide bonds. The van der Waals surface area contributed by atoms with E-state index >= 15 is 0 Å². The molecule has 0 unspecified atom stereocenters. The van der Waals surface area contributed by atoms with Crippen molar-refractivity contribution in [3.8, 4) is 11.8 Å². The molecule has 0 fully saturated rings. The van der Waals surface area contributed by atoms with E-state index in [4.69, 9.17) is 28.7 Å². The van der Waals surface area contributed by atoms with E-state index in [2.05, 4.69) is 21.9 Å². The Bertz CT molecular complexity index is 433. The Balaban J connectivity index is 2.75. The maximum atomic E-state index is 8.04. The van der Waals surface area contributed by atoms with Crippen LogP contribution in [-0.4, -0.2) is 6.54 Å². The van der Waals surface area contributed by atoms with Gasteiger partial charge in [-0.25, -0.2) is 0 Å². The zero-order valence-electron chi connectivity index (χ0n) is 7.74. The van der Waals surface area contributed by atoms with Crippen molar-refractivity contribution in [3.05, 3.63) is 44.3 Å². The topological polar surface area (TPSA) is 48.8 Å². The van der Waals surface area contributed by atoms with Gasteiger partial charge in [0.05, 0.1) is 15.6 Å². The highest BCUT2D eigenvalue weighted by Gasteiger charge is 2.00. The van der Waals surface area contributed by atoms with Gasteiger partial charge in [-0.2, -0.15) is 0 Å². The molecule has 0 heterocycles. The third-order valence-corrected chi connectivity index (χ3v) is 2.21. The van der Waals surface area contributed by atoms with Gasteiger partial charge in [-0.15, -0.1) is 0 Å². The lowest BCUT2D eigenvalue weighted by molar-refractivity contribution is 1.01. The summed E-state index contributed by atoms with van der Waals surface area (Å²) in [5.41, 5.74) is 8.65. The molecule has 1 rings (SSSR count). The maximum absolute atomic E-state index is 8.04. The van der Waals surface area contributed by atoms with Gasteiger partial charge in [-0.05, 0) is 17.7 Å². The SMILES string of the molecule is [N-]=[N+]=NCCC#Cc1c(Cl)cccc1Cl. The van der Waals surface area contributed by atoms with Gasteiger partial charge in [-0.1, -0.05) is 46.2 Å². The highest BCUT2D eigenvalue weighted by Crippen LogP contribution is 2.22. The molecule has 15 heavy (non-hydrogen) atoms. The Kier molecular flexibility index (Phi) is 4.86. The quantitative estimate of drug-likeness (QED) is 0.246. The molecule has 1 aromatic carbocycles. The van der Waals surface area contributed by atoms with E-state index in [0.29, 0.717) is 28.6 Å². The molecule has 76 valence electrons. The molecular weight excluding hydrogens is 233 g/mol. The number of halogens is 2. The van der Waals surface area contributed by atoms with Crippen molar-refractivity contribution in [2.75, 3.05) is 6.54 Å². The number of hydrogen-bond donors (Lipinski definition) is 0. The van der Waals surface area contributed by atoms with Gasteiger partial charge in [0.15, 0.2) is 0 Å². The molecule has 0 N–H and O–H groups in total. The molecule has 0 aliphatic carbocycles. The highest BCUT2D eigenvalue weighted by atomic mass is 35.5. The molecule has 5 heteroatoms. The Morgan fingerprint density at radius 2 is 2.00 bits per heavy atom. The van der Waals surface area contributed by atoms with Gasteiger partial charge < -0.3 is 0 Å². The second-order valence-electron chi connectivity index (χ2n) is 2.60. The van der Waals surface area contributed by atoms with E-state index in [1.54, 1.807) is 18.2 Å². The van der Waals surface area contributed by atoms with Crippen LogP contribution in [0.2, 0.25) is 10.0 Å². The average Bonchev–Trinajstić information content (AvgIpc) is 2.21. The summed E-state index contributed by atoms with van der Waals surface area (Å²) in [6.45, 7) is 0.353. The van der Waals surface area contributed by atoms with Crippen molar-refractivity contribution in [2.24, 2.45) is 5.11 Å². The lowest BCUT2D eigenvalue weighted by Crippen LogP contribution is -1.80. The second-order valence-corrected chi connectivity index (χ2v) is 3.42. The predicted molar refractivity (Wildman–Crippen MR) is 62.0 cm³/mol. The molecule has 1 aromatic rings. The number of rotatable bonds is 2. The number of benzene rings is 1. The van der Waals surface area contributed by atoms with Gasteiger partial charge in [-0.3, -0.25) is 0 Å². The van der Waals surface area contributed by atoms with E-state index in [-0.39, 0.29) is 0 Å². The fourth-order valence-corrected chi connectivity index (χ4v) is 1.41. The molecule has 0 aliphatic rings. The fourth-order valence-electron chi connectivity index (χ4n) is 0.919. The van der Waals surface area contributed by atoms with Gasteiger partial charge >= 0.3 is 0 Å². The third-order valence-electron chi connectivity index (χ3n) is 1.58. The standard InChI is InChI=1S/C10H7Cl2N3/c11-9-5-3-6-10(12)8(9)4-1-2-7-14-15-13/h3,5-6H,2,7H2. The lowest BCUT2D eigenvalue weighted by Gasteiger charge is -1.97. The van der Waals surface area contributed by atoms with Crippen molar-refractivity contribution >= 4 is 23.2 Å². The second kappa shape index (κ2) is 6.21. The van der Waals surface area contributed by atoms with E-state index in [1.165, 1.54) is 0 Å². The van der Waals surface area contributed by atoms with Gasteiger partial charge in [0.1, 0.15) is 0 Å². The number of hydrogen-bond acceptors (Lipinski definition) is 1. The lowest BCUT2D eigenvalue weighted by atomic mass is 10.2. The van der Waals surface area contributed by atoms with Crippen LogP contribution in [0.15, 0.2) is 23.3 Å². The number of nitrogens with zero attached hydrogens (tertiary/aromatic N) is 3. The minimum atomic E-state index is 0.353. The summed E-state index contributed by atoms with van der Waals surface area (Å²) in [4.78, 5) is 2.62. The molecule has 0 spiro atoms. The first kappa shape index (κ1) is 11.7. The molecule has 3 nitrogen and oxygen atoms in total. The van der Waals surface area contributed by atoms with E-state index in [9.17, 15) is 0 Å². The Hall–Kier alpha value is -1.33. The molecule has 0 aromatic heterocycles. The van der Waals surface area contributed by atoms with Crippen LogP contribution in [0, 0.1) is 11.8 Å². The van der Waals surface area contributed by atoms with Crippen LogP contribution in [0.3, 0.4) is 0 Å². The van der Waals surface area contributed by atoms with Crippen molar-refractivity contribution in [1.29, 1.82) is 0 Å². The third kappa shape index (κ3) is 3.73. The monoisotopic (exact) mass is 239 g/mol. The van der Waals surface area contributed by atoms with E-state index in [0.717, 1.165) is 0 Å². The van der Waals surface area contributed by atoms with Crippen LogP contribution < -0.4 is 0 Å². The highest BCUT2D eigenvalue weighted by molar-refractivity contribution is 6.36. The fraction of sp³-hybridized carbons (Fsp3) is 0.200. The summed E-state index contributed by atoms with van der Waals surface area (Å²) in [5.74, 6) is 5.68. The van der Waals surface area contributed by atoms with Crippen LogP contribution >= 0.6 is 23.2 Å². The van der Waals surface area contributed by atoms with Crippen molar-refractivity contribution < 1.29 is 0 Å². The minimum absolute atomic E-state index is 0.353. The summed E-state index contributed by atoms with van der Waals surface area (Å²) < 4.78 is 0. The Morgan fingerprint density at radius 1 is 1.33 bits per heavy atom. The molecule has 0 radical (unpaired) electrons. The van der Waals surface area contributed by atoms with Crippen LogP contribution in [0.5, 0.6) is 0 Å². The first-order valence-corrected chi connectivity index (χ1v) is 4.95. The predicted octanol–water partition coefficient (Wildman–Crippen LogP) is 4.05. The van der Waals surface area contributed by atoms with Gasteiger partial charge in [0.25, 0.3) is 0 Å². The molecule has 0 saturated heterocycles. The minimum Gasteiger partial charge on any atom is -0.0977 e. The van der Waals surface area contributed by atoms with Crippen molar-refractivity contribution in [3.63, 3.8) is 0 Å². The summed E-state index contributed by atoms with van der Waals surface area (Å²) in [6.07, 6.45) is 0.492. The molecule has 0 aliphatic heterocycles. The molecule has 0 atom stereocenters. The van der Waals surface area contributed by atoms with Crippen LogP contribution in [-0.2, 0) is 0 Å². The molecular formula is C10H7Cl2N3. The van der Waals surface area contributed by atoms with Crippen LogP contribution in [0.4, 0.5) is 0 Å². The zero-order chi connectivity index (χ0) is 11.1. The first-order valence-electron chi connectivity index (χ1n) is 4.19.